The highest BCUT2D eigenvalue weighted by Gasteiger charge is 2.32. The van der Waals surface area contributed by atoms with Crippen molar-refractivity contribution in [3.8, 4) is 11.8 Å². The van der Waals surface area contributed by atoms with E-state index in [-0.39, 0.29) is 5.41 Å². The fourth-order valence-electron chi connectivity index (χ4n) is 4.17. The summed E-state index contributed by atoms with van der Waals surface area (Å²) in [7, 11) is 0. The predicted molar refractivity (Wildman–Crippen MR) is 141 cm³/mol. The molecule has 0 aliphatic heterocycles. The first kappa shape index (κ1) is 24.0. The van der Waals surface area contributed by atoms with Gasteiger partial charge in [-0.25, -0.2) is 4.99 Å². The molecule has 3 nitrogen and oxygen atoms in total. The van der Waals surface area contributed by atoms with Crippen molar-refractivity contribution >= 4 is 50.1 Å². The van der Waals surface area contributed by atoms with E-state index in [4.69, 9.17) is 21.3 Å². The second-order valence-corrected chi connectivity index (χ2v) is 11.8. The molecule has 33 heavy (non-hydrogen) atoms. The quantitative estimate of drug-likeness (QED) is 0.304. The maximum absolute atomic E-state index is 9.86. The number of nitriles is 1. The summed E-state index contributed by atoms with van der Waals surface area (Å²) >= 11 is 11.5. The van der Waals surface area contributed by atoms with Crippen LogP contribution in [0.2, 0.25) is 5.02 Å². The van der Waals surface area contributed by atoms with Gasteiger partial charge in [0.25, 0.3) is 0 Å². The van der Waals surface area contributed by atoms with Crippen LogP contribution in [0.5, 0.6) is 5.75 Å². The summed E-state index contributed by atoms with van der Waals surface area (Å²) in [5.74, 6) is 1.34. The summed E-state index contributed by atoms with van der Waals surface area (Å²) in [5.41, 5.74) is 3.96. The minimum Gasteiger partial charge on any atom is -0.488 e. The molecule has 0 spiro atoms. The number of nitrogens with zero attached hydrogens (tertiary/aromatic N) is 2. The molecule has 1 aliphatic carbocycles. The number of fused-ring (bicyclic) bond motifs is 1. The molecule has 1 aliphatic rings. The van der Waals surface area contributed by atoms with Crippen molar-refractivity contribution in [1.29, 1.82) is 5.26 Å². The second-order valence-electron chi connectivity index (χ2n) is 9.42. The molecule has 0 N–H and O–H groups in total. The summed E-state index contributed by atoms with van der Waals surface area (Å²) in [6.07, 6.45) is 4.90. The largest absolute Gasteiger partial charge is 0.488 e. The van der Waals surface area contributed by atoms with Crippen molar-refractivity contribution in [2.75, 3.05) is 0 Å². The molecule has 1 heterocycles. The summed E-state index contributed by atoms with van der Waals surface area (Å²) in [6, 6.07) is 15.9. The van der Waals surface area contributed by atoms with E-state index in [0.717, 1.165) is 51.2 Å². The van der Waals surface area contributed by atoms with E-state index in [9.17, 15) is 5.26 Å². The van der Waals surface area contributed by atoms with Gasteiger partial charge in [0.2, 0.25) is 0 Å². The molecule has 1 atom stereocenters. The van der Waals surface area contributed by atoms with Crippen LogP contribution < -0.4 is 4.74 Å². The molecule has 0 bridgehead atoms. The van der Waals surface area contributed by atoms with E-state index < -0.39 is 0 Å². The first-order chi connectivity index (χ1) is 15.8. The Hall–Kier alpha value is -2.13. The lowest BCUT2D eigenvalue weighted by molar-refractivity contribution is 0.218. The Balaban J connectivity index is 1.60. The number of benzene rings is 2. The van der Waals surface area contributed by atoms with Gasteiger partial charge >= 0.3 is 0 Å². The van der Waals surface area contributed by atoms with Gasteiger partial charge in [-0.2, -0.15) is 5.26 Å². The minimum absolute atomic E-state index is 0.266. The third kappa shape index (κ3) is 5.51. The lowest BCUT2D eigenvalue weighted by Crippen LogP contribution is -2.26. The number of hydrogen-bond donors (Lipinski definition) is 0. The first-order valence-corrected chi connectivity index (χ1v) is 13.0. The van der Waals surface area contributed by atoms with Crippen LogP contribution in [0, 0.1) is 22.7 Å². The van der Waals surface area contributed by atoms with Crippen LogP contribution in [0.25, 0.3) is 0 Å². The van der Waals surface area contributed by atoms with Gasteiger partial charge < -0.3 is 4.74 Å². The maximum atomic E-state index is 9.86. The monoisotopic (exact) mass is 540 g/mol. The number of ether oxygens (including phenoxy) is 1. The Morgan fingerprint density at radius 3 is 2.79 bits per heavy atom. The van der Waals surface area contributed by atoms with Crippen LogP contribution in [0.4, 0.5) is 5.00 Å². The smallest absolute Gasteiger partial charge is 0.134 e. The van der Waals surface area contributed by atoms with Crippen LogP contribution >= 0.6 is 38.9 Å². The lowest BCUT2D eigenvalue weighted by atomic mass is 9.72. The van der Waals surface area contributed by atoms with E-state index in [1.165, 1.54) is 10.4 Å². The van der Waals surface area contributed by atoms with Crippen LogP contribution in [0.15, 0.2) is 51.9 Å². The van der Waals surface area contributed by atoms with Gasteiger partial charge in [0.05, 0.1) is 5.56 Å². The molecule has 0 unspecified atom stereocenters. The molecule has 4 rings (SSSR count). The van der Waals surface area contributed by atoms with E-state index >= 15 is 0 Å². The molecular formula is C27H26BrClN2OS. The molecule has 6 heteroatoms. The standard InChI is InChI=1S/C27H26BrClN2OS/c1-27(2,3)19-8-10-21-22(14-30)26(33-25(21)13-19)31-15-18-12-20(28)9-11-24(18)32-16-17-6-4-5-7-23(17)29/h4-7,9,11-12,15,19H,8,10,13,16H2,1-3H3/t19-/m1/s1. The summed E-state index contributed by atoms with van der Waals surface area (Å²) in [4.78, 5) is 6.07. The number of thiophene rings is 1. The third-order valence-corrected chi connectivity index (χ3v) is 8.24. The molecule has 0 saturated carbocycles. The molecule has 3 aromatic rings. The molecule has 0 amide bonds. The minimum atomic E-state index is 0.266. The number of halogens is 2. The number of hydrogen-bond acceptors (Lipinski definition) is 4. The molecule has 1 aromatic heterocycles. The van der Waals surface area contributed by atoms with Crippen molar-refractivity contribution in [3.63, 3.8) is 0 Å². The van der Waals surface area contributed by atoms with Crippen molar-refractivity contribution in [1.82, 2.24) is 0 Å². The Labute approximate surface area is 213 Å². The number of aliphatic imine (C=N–C) groups is 1. The van der Waals surface area contributed by atoms with Gasteiger partial charge in [0.15, 0.2) is 0 Å². The third-order valence-electron chi connectivity index (χ3n) is 6.22. The fourth-order valence-corrected chi connectivity index (χ4v) is 5.96. The van der Waals surface area contributed by atoms with Gasteiger partial charge in [-0.1, -0.05) is 66.5 Å². The van der Waals surface area contributed by atoms with Crippen LogP contribution in [0.1, 0.15) is 54.3 Å². The predicted octanol–water partition coefficient (Wildman–Crippen LogP) is 8.52. The normalized spacial score (nSPS) is 15.9. The maximum Gasteiger partial charge on any atom is 0.134 e. The highest BCUT2D eigenvalue weighted by molar-refractivity contribution is 9.10. The van der Waals surface area contributed by atoms with Gasteiger partial charge in [0, 0.05) is 31.7 Å². The average molecular weight is 542 g/mol. The van der Waals surface area contributed by atoms with Crippen LogP contribution in [-0.2, 0) is 19.4 Å². The SMILES string of the molecule is CC(C)(C)[C@@H]1CCc2c(sc(N=Cc3cc(Br)ccc3OCc3ccccc3Cl)c2C#N)C1. The Kier molecular flexibility index (Phi) is 7.28. The second kappa shape index (κ2) is 10.0. The molecule has 0 saturated heterocycles. The zero-order chi connectivity index (χ0) is 23.6. The van der Waals surface area contributed by atoms with E-state index in [2.05, 4.69) is 42.8 Å². The molecule has 0 fully saturated rings. The highest BCUT2D eigenvalue weighted by atomic mass is 79.9. The van der Waals surface area contributed by atoms with E-state index in [0.29, 0.717) is 17.5 Å². The molecule has 170 valence electrons. The number of rotatable bonds is 5. The zero-order valence-corrected chi connectivity index (χ0v) is 22.1. The van der Waals surface area contributed by atoms with Crippen molar-refractivity contribution in [3.05, 3.63) is 79.1 Å². The van der Waals surface area contributed by atoms with Gasteiger partial charge in [-0.3, -0.25) is 0 Å². The Morgan fingerprint density at radius 2 is 2.06 bits per heavy atom. The zero-order valence-electron chi connectivity index (χ0n) is 19.0. The molecule has 0 radical (unpaired) electrons. The van der Waals surface area contributed by atoms with Gasteiger partial charge in [0.1, 0.15) is 23.4 Å². The summed E-state index contributed by atoms with van der Waals surface area (Å²) in [6.45, 7) is 7.28. The van der Waals surface area contributed by atoms with Crippen molar-refractivity contribution < 1.29 is 4.74 Å². The van der Waals surface area contributed by atoms with Crippen LogP contribution in [0.3, 0.4) is 0 Å². The average Bonchev–Trinajstić information content (AvgIpc) is 3.14. The highest BCUT2D eigenvalue weighted by Crippen LogP contribution is 2.45. The van der Waals surface area contributed by atoms with E-state index in [1.54, 1.807) is 17.6 Å². The molecule has 2 aromatic carbocycles. The van der Waals surface area contributed by atoms with Gasteiger partial charge in [-0.05, 0) is 60.4 Å². The fraction of sp³-hybridized carbons (Fsp3) is 0.333. The van der Waals surface area contributed by atoms with Crippen LogP contribution in [-0.4, -0.2) is 6.21 Å². The van der Waals surface area contributed by atoms with Crippen molar-refractivity contribution in [2.45, 2.75) is 46.6 Å². The molecular weight excluding hydrogens is 516 g/mol. The van der Waals surface area contributed by atoms with Gasteiger partial charge in [-0.15, -0.1) is 11.3 Å². The summed E-state index contributed by atoms with van der Waals surface area (Å²) in [5, 5.41) is 11.3. The van der Waals surface area contributed by atoms with E-state index in [1.807, 2.05) is 42.5 Å². The first-order valence-electron chi connectivity index (χ1n) is 11.0. The lowest BCUT2D eigenvalue weighted by Gasteiger charge is -2.33. The Bertz CT molecular complexity index is 1240. The summed E-state index contributed by atoms with van der Waals surface area (Å²) < 4.78 is 7.02. The topological polar surface area (TPSA) is 45.4 Å². The van der Waals surface area contributed by atoms with Crippen molar-refractivity contribution in [2.24, 2.45) is 16.3 Å². The Morgan fingerprint density at radius 1 is 1.27 bits per heavy atom.